The third kappa shape index (κ3) is 10.3. The lowest BCUT2D eigenvalue weighted by Gasteiger charge is -2.36. The zero-order valence-electron chi connectivity index (χ0n) is 29.9. The van der Waals surface area contributed by atoms with Gasteiger partial charge in [0.2, 0.25) is 0 Å². The molecule has 0 radical (unpaired) electrons. The smallest absolute Gasteiger partial charge is 0.418 e. The van der Waals surface area contributed by atoms with Crippen LogP contribution in [-0.2, 0) is 22.7 Å². The van der Waals surface area contributed by atoms with Crippen molar-refractivity contribution in [3.8, 4) is 16.9 Å². The number of hydrogen-bond donors (Lipinski definition) is 2. The van der Waals surface area contributed by atoms with E-state index in [1.54, 1.807) is 36.7 Å². The van der Waals surface area contributed by atoms with Crippen LogP contribution >= 0.6 is 11.8 Å². The minimum Gasteiger partial charge on any atom is -0.492 e. The number of pyridine rings is 1. The molecule has 5 aromatic rings. The molecule has 1 aromatic heterocycles. The molecule has 55 heavy (non-hydrogen) atoms. The van der Waals surface area contributed by atoms with E-state index in [4.69, 9.17) is 4.74 Å². The van der Waals surface area contributed by atoms with E-state index in [9.17, 15) is 26.4 Å². The SMILES string of the molecule is CCOc1cncc(-c2ccc(CN3CCN(c4ccc(C(=O)NS(=O)(=O)c5ccc(NCCSc6ccccc6)c(C(F)(F)F)c5)cc4)CC3)cc2F)c1. The summed E-state index contributed by atoms with van der Waals surface area (Å²) in [5.74, 6) is -0.255. The summed E-state index contributed by atoms with van der Waals surface area (Å²) in [6.45, 7) is 5.85. The van der Waals surface area contributed by atoms with Gasteiger partial charge >= 0.3 is 6.18 Å². The lowest BCUT2D eigenvalue weighted by atomic mass is 10.0. The Labute approximate surface area is 321 Å². The standard InChI is InChI=1S/C40H39F4N5O4S2/c1-2-53-32-23-30(25-45-26-32)35-14-8-28(22-37(35)41)27-48-17-19-49(20-18-48)31-11-9-29(10-12-31)39(50)47-55(51,52)34-13-15-38(36(24-34)40(42,43)44)46-16-21-54-33-6-4-3-5-7-33/h3-15,22-26,46H,2,16-21,27H2,1H3,(H,47,50). The van der Waals surface area contributed by atoms with Crippen molar-refractivity contribution in [3.63, 3.8) is 0 Å². The second-order valence-electron chi connectivity index (χ2n) is 12.7. The van der Waals surface area contributed by atoms with Crippen LogP contribution in [0, 0.1) is 5.82 Å². The Bertz CT molecular complexity index is 2200. The first kappa shape index (κ1) is 39.6. The number of ether oxygens (including phenoxy) is 1. The molecule has 0 bridgehead atoms. The number of anilines is 2. The number of aromatic nitrogens is 1. The Hall–Kier alpha value is -5.12. The van der Waals surface area contributed by atoms with Gasteiger partial charge in [-0.25, -0.2) is 17.5 Å². The molecule has 6 rings (SSSR count). The fraction of sp³-hybridized carbons (Fsp3) is 0.250. The molecule has 288 valence electrons. The summed E-state index contributed by atoms with van der Waals surface area (Å²) in [6.07, 6.45) is -1.65. The fourth-order valence-electron chi connectivity index (χ4n) is 6.14. The average Bonchev–Trinajstić information content (AvgIpc) is 3.17. The van der Waals surface area contributed by atoms with Gasteiger partial charge in [0, 0.05) is 84.2 Å². The Morgan fingerprint density at radius 3 is 2.35 bits per heavy atom. The third-order valence-electron chi connectivity index (χ3n) is 8.91. The van der Waals surface area contributed by atoms with Gasteiger partial charge in [0.25, 0.3) is 15.9 Å². The largest absolute Gasteiger partial charge is 0.492 e. The van der Waals surface area contributed by atoms with Gasteiger partial charge in [-0.1, -0.05) is 30.3 Å². The summed E-state index contributed by atoms with van der Waals surface area (Å²) in [5, 5.41) is 2.75. The van der Waals surface area contributed by atoms with Crippen molar-refractivity contribution < 1.29 is 35.5 Å². The molecule has 1 saturated heterocycles. The predicted octanol–water partition coefficient (Wildman–Crippen LogP) is 7.95. The van der Waals surface area contributed by atoms with Gasteiger partial charge in [-0.05, 0) is 79.2 Å². The molecule has 15 heteroatoms. The highest BCUT2D eigenvalue weighted by molar-refractivity contribution is 7.99. The first-order chi connectivity index (χ1) is 26.4. The van der Waals surface area contributed by atoms with E-state index in [-0.39, 0.29) is 23.6 Å². The number of nitrogens with one attached hydrogen (secondary N) is 2. The molecular formula is C40H39F4N5O4S2. The van der Waals surface area contributed by atoms with E-state index in [1.165, 1.54) is 30.0 Å². The van der Waals surface area contributed by atoms with Crippen molar-refractivity contribution in [1.82, 2.24) is 14.6 Å². The highest BCUT2D eigenvalue weighted by Crippen LogP contribution is 2.36. The average molecular weight is 794 g/mol. The molecule has 1 fully saturated rings. The van der Waals surface area contributed by atoms with E-state index >= 15 is 4.39 Å². The van der Waals surface area contributed by atoms with E-state index in [0.29, 0.717) is 68.0 Å². The lowest BCUT2D eigenvalue weighted by molar-refractivity contribution is -0.137. The number of carbonyl (C=O) groups is 1. The van der Waals surface area contributed by atoms with Crippen LogP contribution in [0.4, 0.5) is 28.9 Å². The third-order valence-corrected chi connectivity index (χ3v) is 11.2. The molecule has 9 nitrogen and oxygen atoms in total. The lowest BCUT2D eigenvalue weighted by Crippen LogP contribution is -2.46. The van der Waals surface area contributed by atoms with E-state index < -0.39 is 32.6 Å². The van der Waals surface area contributed by atoms with Crippen LogP contribution in [0.15, 0.2) is 119 Å². The van der Waals surface area contributed by atoms with Crippen LogP contribution in [0.2, 0.25) is 0 Å². The van der Waals surface area contributed by atoms with Gasteiger partial charge in [0.15, 0.2) is 0 Å². The number of halogens is 4. The number of alkyl halides is 3. The molecule has 1 amide bonds. The molecule has 0 aliphatic carbocycles. The highest BCUT2D eigenvalue weighted by atomic mass is 32.2. The van der Waals surface area contributed by atoms with Crippen LogP contribution < -0.4 is 19.7 Å². The Morgan fingerprint density at radius 1 is 0.909 bits per heavy atom. The number of hydrogen-bond acceptors (Lipinski definition) is 9. The number of sulfonamides is 1. The van der Waals surface area contributed by atoms with Crippen LogP contribution in [0.3, 0.4) is 0 Å². The molecule has 1 aliphatic rings. The summed E-state index contributed by atoms with van der Waals surface area (Å²) in [5.41, 5.74) is 1.35. The number of rotatable bonds is 14. The van der Waals surface area contributed by atoms with Gasteiger partial charge in [-0.2, -0.15) is 13.2 Å². The number of thioether (sulfide) groups is 1. The monoisotopic (exact) mass is 793 g/mol. The van der Waals surface area contributed by atoms with Crippen LogP contribution in [0.25, 0.3) is 11.1 Å². The normalized spacial score (nSPS) is 13.7. The maximum atomic E-state index is 15.1. The summed E-state index contributed by atoms with van der Waals surface area (Å²) >= 11 is 1.47. The topological polar surface area (TPSA) is 104 Å². The molecule has 2 N–H and O–H groups in total. The number of amides is 1. The Kier molecular flexibility index (Phi) is 12.6. The van der Waals surface area contributed by atoms with Crippen molar-refractivity contribution in [3.05, 3.63) is 132 Å². The molecule has 4 aromatic carbocycles. The summed E-state index contributed by atoms with van der Waals surface area (Å²) < 4.78 is 90.6. The minimum absolute atomic E-state index is 0.0297. The van der Waals surface area contributed by atoms with E-state index in [2.05, 4.69) is 20.1 Å². The van der Waals surface area contributed by atoms with Crippen molar-refractivity contribution in [2.24, 2.45) is 0 Å². The first-order valence-corrected chi connectivity index (χ1v) is 20.0. The number of benzene rings is 4. The Morgan fingerprint density at radius 2 is 1.65 bits per heavy atom. The quantitative estimate of drug-likeness (QED) is 0.0659. The molecule has 0 saturated carbocycles. The summed E-state index contributed by atoms with van der Waals surface area (Å²) in [7, 11) is -4.63. The number of carbonyl (C=O) groups excluding carboxylic acids is 1. The molecule has 2 heterocycles. The first-order valence-electron chi connectivity index (χ1n) is 17.5. The second-order valence-corrected chi connectivity index (χ2v) is 15.5. The number of nitrogens with zero attached hydrogens (tertiary/aromatic N) is 3. The second kappa shape index (κ2) is 17.6. The summed E-state index contributed by atoms with van der Waals surface area (Å²) in [6, 6.07) is 25.3. The van der Waals surface area contributed by atoms with E-state index in [0.717, 1.165) is 28.3 Å². The molecule has 0 spiro atoms. The van der Waals surface area contributed by atoms with Gasteiger partial charge in [0.05, 0.1) is 23.3 Å². The van der Waals surface area contributed by atoms with Crippen molar-refractivity contribution in [1.29, 1.82) is 0 Å². The molecule has 0 unspecified atom stereocenters. The minimum atomic E-state index is -4.84. The van der Waals surface area contributed by atoms with Gasteiger partial charge in [0.1, 0.15) is 11.6 Å². The van der Waals surface area contributed by atoms with E-state index in [1.807, 2.05) is 48.0 Å². The zero-order valence-corrected chi connectivity index (χ0v) is 31.5. The van der Waals surface area contributed by atoms with Gasteiger partial charge in [-0.15, -0.1) is 11.8 Å². The van der Waals surface area contributed by atoms with Crippen LogP contribution in [0.5, 0.6) is 5.75 Å². The van der Waals surface area contributed by atoms with Crippen LogP contribution in [-0.4, -0.2) is 69.3 Å². The maximum absolute atomic E-state index is 15.1. The maximum Gasteiger partial charge on any atom is 0.418 e. The van der Waals surface area contributed by atoms with Crippen molar-refractivity contribution in [2.45, 2.75) is 29.4 Å². The van der Waals surface area contributed by atoms with Gasteiger partial charge in [-0.3, -0.25) is 14.7 Å². The predicted molar refractivity (Wildman–Crippen MR) is 206 cm³/mol. The molecular weight excluding hydrogens is 755 g/mol. The molecule has 1 aliphatic heterocycles. The van der Waals surface area contributed by atoms with Crippen molar-refractivity contribution in [2.75, 3.05) is 55.3 Å². The number of piperazine rings is 1. The molecule has 0 atom stereocenters. The van der Waals surface area contributed by atoms with Crippen molar-refractivity contribution >= 4 is 39.1 Å². The van der Waals surface area contributed by atoms with Gasteiger partial charge < -0.3 is 15.0 Å². The zero-order chi connectivity index (χ0) is 39.0. The highest BCUT2D eigenvalue weighted by Gasteiger charge is 2.35. The van der Waals surface area contributed by atoms with Crippen LogP contribution in [0.1, 0.15) is 28.4 Å². The fourth-order valence-corrected chi connectivity index (χ4v) is 7.93. The summed E-state index contributed by atoms with van der Waals surface area (Å²) in [4.78, 5) is 21.7. The Balaban J connectivity index is 1.01.